The van der Waals surface area contributed by atoms with Crippen molar-refractivity contribution in [3.05, 3.63) is 48.4 Å². The van der Waals surface area contributed by atoms with Crippen LogP contribution < -0.4 is 10.1 Å². The number of para-hydroxylation sites is 2. The van der Waals surface area contributed by atoms with Crippen LogP contribution in [0.2, 0.25) is 0 Å². The number of furan rings is 1. The molecule has 122 valence electrons. The van der Waals surface area contributed by atoms with Gasteiger partial charge in [0.1, 0.15) is 18.1 Å². The SMILES string of the molecule is CCOc1ccccc1NC(=O)CN(Cc1ccco1)C(C)=O. The maximum atomic E-state index is 12.2. The topological polar surface area (TPSA) is 71.8 Å². The van der Waals surface area contributed by atoms with Crippen LogP contribution in [0.4, 0.5) is 5.69 Å². The largest absolute Gasteiger partial charge is 0.492 e. The number of benzene rings is 1. The van der Waals surface area contributed by atoms with Gasteiger partial charge in [-0.15, -0.1) is 0 Å². The molecule has 2 rings (SSSR count). The Morgan fingerprint density at radius 1 is 1.22 bits per heavy atom. The van der Waals surface area contributed by atoms with E-state index in [1.54, 1.807) is 24.3 Å². The summed E-state index contributed by atoms with van der Waals surface area (Å²) in [4.78, 5) is 25.3. The van der Waals surface area contributed by atoms with E-state index in [1.165, 1.54) is 18.1 Å². The Bertz CT molecular complexity index is 652. The predicted octanol–water partition coefficient (Wildman–Crippen LogP) is 2.67. The van der Waals surface area contributed by atoms with E-state index < -0.39 is 0 Å². The predicted molar refractivity (Wildman–Crippen MR) is 86.0 cm³/mol. The third-order valence-corrected chi connectivity index (χ3v) is 3.17. The molecule has 0 saturated carbocycles. The van der Waals surface area contributed by atoms with E-state index in [0.717, 1.165) is 0 Å². The van der Waals surface area contributed by atoms with Gasteiger partial charge in [-0.3, -0.25) is 9.59 Å². The van der Waals surface area contributed by atoms with E-state index in [-0.39, 0.29) is 24.9 Å². The molecular weight excluding hydrogens is 296 g/mol. The fourth-order valence-electron chi connectivity index (χ4n) is 2.08. The third kappa shape index (κ3) is 4.88. The molecule has 0 aliphatic carbocycles. The molecule has 1 aromatic heterocycles. The van der Waals surface area contributed by atoms with Crippen LogP contribution >= 0.6 is 0 Å². The zero-order valence-electron chi connectivity index (χ0n) is 13.2. The fourth-order valence-corrected chi connectivity index (χ4v) is 2.08. The van der Waals surface area contributed by atoms with Gasteiger partial charge < -0.3 is 19.4 Å². The van der Waals surface area contributed by atoms with Crippen molar-refractivity contribution in [3.8, 4) is 5.75 Å². The Hall–Kier alpha value is -2.76. The maximum Gasteiger partial charge on any atom is 0.244 e. The summed E-state index contributed by atoms with van der Waals surface area (Å²) in [5, 5.41) is 2.77. The highest BCUT2D eigenvalue weighted by molar-refractivity contribution is 5.95. The summed E-state index contributed by atoms with van der Waals surface area (Å²) in [5.41, 5.74) is 0.584. The second-order valence-corrected chi connectivity index (χ2v) is 4.93. The van der Waals surface area contributed by atoms with Gasteiger partial charge in [0, 0.05) is 6.92 Å². The number of rotatable bonds is 7. The van der Waals surface area contributed by atoms with Crippen molar-refractivity contribution in [2.45, 2.75) is 20.4 Å². The van der Waals surface area contributed by atoms with Crippen molar-refractivity contribution in [1.29, 1.82) is 0 Å². The summed E-state index contributed by atoms with van der Waals surface area (Å²) in [7, 11) is 0. The molecule has 1 N–H and O–H groups in total. The van der Waals surface area contributed by atoms with Crippen LogP contribution in [-0.4, -0.2) is 29.9 Å². The van der Waals surface area contributed by atoms with Crippen molar-refractivity contribution in [2.75, 3.05) is 18.5 Å². The summed E-state index contributed by atoms with van der Waals surface area (Å²) >= 11 is 0. The Morgan fingerprint density at radius 3 is 2.65 bits per heavy atom. The van der Waals surface area contributed by atoms with Crippen molar-refractivity contribution < 1.29 is 18.7 Å². The number of ether oxygens (including phenoxy) is 1. The van der Waals surface area contributed by atoms with Gasteiger partial charge in [-0.2, -0.15) is 0 Å². The molecule has 0 saturated heterocycles. The normalized spacial score (nSPS) is 10.2. The first-order chi connectivity index (χ1) is 11.1. The zero-order chi connectivity index (χ0) is 16.7. The lowest BCUT2D eigenvalue weighted by Crippen LogP contribution is -2.36. The molecule has 2 aromatic rings. The van der Waals surface area contributed by atoms with Crippen LogP contribution in [0.1, 0.15) is 19.6 Å². The first-order valence-electron chi connectivity index (χ1n) is 7.39. The molecule has 0 fully saturated rings. The van der Waals surface area contributed by atoms with Gasteiger partial charge >= 0.3 is 0 Å². The molecule has 0 bridgehead atoms. The first-order valence-corrected chi connectivity index (χ1v) is 7.39. The Morgan fingerprint density at radius 2 is 2.00 bits per heavy atom. The minimum atomic E-state index is -0.293. The van der Waals surface area contributed by atoms with E-state index >= 15 is 0 Å². The van der Waals surface area contributed by atoms with Gasteiger partial charge in [0.15, 0.2) is 0 Å². The van der Waals surface area contributed by atoms with E-state index in [9.17, 15) is 9.59 Å². The molecule has 0 atom stereocenters. The molecular formula is C17H20N2O4. The van der Waals surface area contributed by atoms with Gasteiger partial charge in [0.25, 0.3) is 0 Å². The monoisotopic (exact) mass is 316 g/mol. The van der Waals surface area contributed by atoms with E-state index in [1.807, 2.05) is 19.1 Å². The van der Waals surface area contributed by atoms with Crippen LogP contribution in [0.5, 0.6) is 5.75 Å². The number of amides is 2. The average Bonchev–Trinajstić information content (AvgIpc) is 3.02. The first kappa shape index (κ1) is 16.6. The van der Waals surface area contributed by atoms with Gasteiger partial charge in [-0.1, -0.05) is 12.1 Å². The second-order valence-electron chi connectivity index (χ2n) is 4.93. The van der Waals surface area contributed by atoms with Crippen molar-refractivity contribution in [2.24, 2.45) is 0 Å². The highest BCUT2D eigenvalue weighted by Gasteiger charge is 2.16. The lowest BCUT2D eigenvalue weighted by atomic mass is 10.3. The number of carbonyl (C=O) groups is 2. The molecule has 23 heavy (non-hydrogen) atoms. The van der Waals surface area contributed by atoms with E-state index in [0.29, 0.717) is 23.8 Å². The van der Waals surface area contributed by atoms with Gasteiger partial charge in [-0.05, 0) is 31.2 Å². The van der Waals surface area contributed by atoms with Gasteiger partial charge in [-0.25, -0.2) is 0 Å². The molecule has 1 aromatic carbocycles. The molecule has 2 amide bonds. The number of carbonyl (C=O) groups excluding carboxylic acids is 2. The van der Waals surface area contributed by atoms with Crippen LogP contribution in [0.25, 0.3) is 0 Å². The van der Waals surface area contributed by atoms with Gasteiger partial charge in [0.05, 0.1) is 25.1 Å². The Labute approximate surface area is 135 Å². The van der Waals surface area contributed by atoms with Crippen molar-refractivity contribution >= 4 is 17.5 Å². The van der Waals surface area contributed by atoms with Crippen LogP contribution in [0.15, 0.2) is 47.1 Å². The smallest absolute Gasteiger partial charge is 0.244 e. The summed E-state index contributed by atoms with van der Waals surface area (Å²) < 4.78 is 10.7. The summed E-state index contributed by atoms with van der Waals surface area (Å²) in [6.45, 7) is 3.99. The highest BCUT2D eigenvalue weighted by atomic mass is 16.5. The molecule has 6 nitrogen and oxygen atoms in total. The van der Waals surface area contributed by atoms with E-state index in [2.05, 4.69) is 5.32 Å². The number of hydrogen-bond acceptors (Lipinski definition) is 4. The van der Waals surface area contributed by atoms with E-state index in [4.69, 9.17) is 9.15 Å². The van der Waals surface area contributed by atoms with Crippen LogP contribution in [0, 0.1) is 0 Å². The molecule has 0 aliphatic heterocycles. The number of anilines is 1. The molecule has 0 unspecified atom stereocenters. The fraction of sp³-hybridized carbons (Fsp3) is 0.294. The van der Waals surface area contributed by atoms with Crippen LogP contribution in [-0.2, 0) is 16.1 Å². The molecule has 1 heterocycles. The standard InChI is InChI=1S/C17H20N2O4/c1-3-22-16-9-5-4-8-15(16)18-17(21)12-19(13(2)20)11-14-7-6-10-23-14/h4-10H,3,11-12H2,1-2H3,(H,18,21). The quantitative estimate of drug-likeness (QED) is 0.852. The lowest BCUT2D eigenvalue weighted by Gasteiger charge is -2.19. The Kier molecular flexibility index (Phi) is 5.80. The van der Waals surface area contributed by atoms with Gasteiger partial charge in [0.2, 0.25) is 11.8 Å². The molecule has 0 spiro atoms. The average molecular weight is 316 g/mol. The molecule has 0 aliphatic rings. The Balaban J connectivity index is 2.00. The summed E-state index contributed by atoms with van der Waals surface area (Å²) in [6.07, 6.45) is 1.53. The summed E-state index contributed by atoms with van der Waals surface area (Å²) in [5.74, 6) is 0.736. The number of nitrogens with zero attached hydrogens (tertiary/aromatic N) is 1. The zero-order valence-corrected chi connectivity index (χ0v) is 13.2. The maximum absolute atomic E-state index is 12.2. The second kappa shape index (κ2) is 8.03. The lowest BCUT2D eigenvalue weighted by molar-refractivity contribution is -0.133. The minimum Gasteiger partial charge on any atom is -0.492 e. The molecule has 6 heteroatoms. The highest BCUT2D eigenvalue weighted by Crippen LogP contribution is 2.23. The molecule has 0 radical (unpaired) electrons. The third-order valence-electron chi connectivity index (χ3n) is 3.17. The van der Waals surface area contributed by atoms with Crippen molar-refractivity contribution in [1.82, 2.24) is 4.90 Å². The number of nitrogens with one attached hydrogen (secondary N) is 1. The minimum absolute atomic E-state index is 0.0590. The number of hydrogen-bond donors (Lipinski definition) is 1. The summed E-state index contributed by atoms with van der Waals surface area (Å²) in [6, 6.07) is 10.7. The van der Waals surface area contributed by atoms with Crippen LogP contribution in [0.3, 0.4) is 0 Å². The van der Waals surface area contributed by atoms with Crippen molar-refractivity contribution in [3.63, 3.8) is 0 Å².